The Morgan fingerprint density at radius 3 is 2.75 bits per heavy atom. The molecule has 1 aliphatic rings. The van der Waals surface area contributed by atoms with Gasteiger partial charge >= 0.3 is 0 Å². The first-order valence-electron chi connectivity index (χ1n) is 4.98. The molecule has 0 heterocycles. The van der Waals surface area contributed by atoms with Crippen LogP contribution < -0.4 is 5.73 Å². The summed E-state index contributed by atoms with van der Waals surface area (Å²) in [6.07, 6.45) is 3.86. The van der Waals surface area contributed by atoms with Gasteiger partial charge in [0.05, 0.1) is 11.9 Å². The van der Waals surface area contributed by atoms with Crippen LogP contribution in [0.4, 0.5) is 0 Å². The molecule has 2 nitrogen and oxygen atoms in total. The summed E-state index contributed by atoms with van der Waals surface area (Å²) in [5.41, 5.74) is 5.77. The van der Waals surface area contributed by atoms with Crippen molar-refractivity contribution in [3.8, 4) is 0 Å². The molecule has 0 radical (unpaired) electrons. The van der Waals surface area contributed by atoms with Crippen LogP contribution in [0, 0.1) is 11.8 Å². The largest absolute Gasteiger partial charge is 0.387 e. The second kappa shape index (κ2) is 3.92. The predicted molar refractivity (Wildman–Crippen MR) is 53.3 cm³/mol. The molecule has 0 bridgehead atoms. The van der Waals surface area contributed by atoms with Gasteiger partial charge in [-0.1, -0.05) is 27.2 Å². The minimum atomic E-state index is 0.410. The van der Waals surface area contributed by atoms with Crippen LogP contribution in [0.2, 0.25) is 0 Å². The zero-order valence-corrected chi connectivity index (χ0v) is 8.38. The lowest BCUT2D eigenvalue weighted by atomic mass is 10.2. The molecule has 0 spiro atoms. The van der Waals surface area contributed by atoms with Gasteiger partial charge in [0.15, 0.2) is 0 Å². The number of aliphatic imine (C=N–C) groups is 1. The maximum absolute atomic E-state index is 5.77. The van der Waals surface area contributed by atoms with Crippen molar-refractivity contribution in [3.05, 3.63) is 0 Å². The summed E-state index contributed by atoms with van der Waals surface area (Å²) in [7, 11) is 0. The van der Waals surface area contributed by atoms with Gasteiger partial charge in [0.25, 0.3) is 0 Å². The van der Waals surface area contributed by atoms with Crippen molar-refractivity contribution in [2.75, 3.05) is 0 Å². The second-order valence-electron chi connectivity index (χ2n) is 4.06. The van der Waals surface area contributed by atoms with Crippen LogP contribution in [-0.2, 0) is 0 Å². The molecule has 0 aromatic heterocycles. The average molecular weight is 168 g/mol. The summed E-state index contributed by atoms with van der Waals surface area (Å²) in [6.45, 7) is 6.41. The van der Waals surface area contributed by atoms with E-state index < -0.39 is 0 Å². The minimum absolute atomic E-state index is 0.410. The summed E-state index contributed by atoms with van der Waals surface area (Å²) in [5, 5.41) is 0. The molecule has 0 amide bonds. The van der Waals surface area contributed by atoms with Gasteiger partial charge in [-0.05, 0) is 18.8 Å². The van der Waals surface area contributed by atoms with E-state index in [0.29, 0.717) is 12.0 Å². The summed E-state index contributed by atoms with van der Waals surface area (Å²) in [4.78, 5) is 4.48. The Balaban J connectivity index is 2.30. The van der Waals surface area contributed by atoms with Gasteiger partial charge in [-0.25, -0.2) is 0 Å². The number of amidine groups is 1. The van der Waals surface area contributed by atoms with Gasteiger partial charge in [-0.2, -0.15) is 0 Å². The highest BCUT2D eigenvalue weighted by atomic mass is 14.9. The maximum Gasteiger partial charge on any atom is 0.0966 e. The zero-order chi connectivity index (χ0) is 9.14. The van der Waals surface area contributed by atoms with E-state index in [1.54, 1.807) is 0 Å². The van der Waals surface area contributed by atoms with Gasteiger partial charge in [-0.15, -0.1) is 0 Å². The summed E-state index contributed by atoms with van der Waals surface area (Å²) in [5.74, 6) is 2.08. The number of hydrogen-bond acceptors (Lipinski definition) is 1. The molecule has 0 saturated heterocycles. The molecule has 1 fully saturated rings. The van der Waals surface area contributed by atoms with Crippen LogP contribution >= 0.6 is 0 Å². The smallest absolute Gasteiger partial charge is 0.0966 e. The van der Waals surface area contributed by atoms with Gasteiger partial charge < -0.3 is 5.73 Å². The van der Waals surface area contributed by atoms with Crippen molar-refractivity contribution in [1.29, 1.82) is 0 Å². The van der Waals surface area contributed by atoms with E-state index in [2.05, 4.69) is 25.8 Å². The van der Waals surface area contributed by atoms with Gasteiger partial charge in [-0.3, -0.25) is 4.99 Å². The normalized spacial score (nSPS) is 29.5. The topological polar surface area (TPSA) is 38.4 Å². The standard InChI is InChI=1S/C10H20N2/c1-4-5-8-6-9(8)12-10(11)7(2)3/h7-9H,4-6H2,1-3H3,(H2,11,12). The number of nitrogens with zero attached hydrogens (tertiary/aromatic N) is 1. The van der Waals surface area contributed by atoms with Crippen LogP contribution in [0.5, 0.6) is 0 Å². The van der Waals surface area contributed by atoms with Crippen LogP contribution in [0.1, 0.15) is 40.0 Å². The first-order chi connectivity index (χ1) is 5.65. The Bertz CT molecular complexity index is 173. The minimum Gasteiger partial charge on any atom is -0.387 e. The Morgan fingerprint density at radius 2 is 2.25 bits per heavy atom. The highest BCUT2D eigenvalue weighted by Gasteiger charge is 2.35. The van der Waals surface area contributed by atoms with Crippen molar-refractivity contribution in [3.63, 3.8) is 0 Å². The highest BCUT2D eigenvalue weighted by molar-refractivity contribution is 5.82. The Hall–Kier alpha value is -0.530. The zero-order valence-electron chi connectivity index (χ0n) is 8.38. The molecule has 2 unspecified atom stereocenters. The van der Waals surface area contributed by atoms with Gasteiger partial charge in [0.1, 0.15) is 0 Å². The fourth-order valence-electron chi connectivity index (χ4n) is 1.41. The molecule has 0 aromatic carbocycles. The van der Waals surface area contributed by atoms with E-state index in [4.69, 9.17) is 5.73 Å². The number of rotatable bonds is 4. The lowest BCUT2D eigenvalue weighted by Crippen LogP contribution is -2.19. The summed E-state index contributed by atoms with van der Waals surface area (Å²) in [6, 6.07) is 0.562. The molecule has 2 N–H and O–H groups in total. The third kappa shape index (κ3) is 2.50. The molecule has 1 saturated carbocycles. The number of nitrogens with two attached hydrogens (primary N) is 1. The Morgan fingerprint density at radius 1 is 1.58 bits per heavy atom. The van der Waals surface area contributed by atoms with Crippen molar-refractivity contribution in [2.45, 2.75) is 46.1 Å². The van der Waals surface area contributed by atoms with E-state index in [9.17, 15) is 0 Å². The molecule has 1 rings (SSSR count). The lowest BCUT2D eigenvalue weighted by Gasteiger charge is -2.02. The van der Waals surface area contributed by atoms with Crippen molar-refractivity contribution >= 4 is 5.84 Å². The van der Waals surface area contributed by atoms with E-state index in [-0.39, 0.29) is 0 Å². The molecule has 70 valence electrons. The Kier molecular flexibility index (Phi) is 3.12. The van der Waals surface area contributed by atoms with E-state index >= 15 is 0 Å². The average Bonchev–Trinajstić information content (AvgIpc) is 2.68. The Labute approximate surface area is 75.3 Å². The first kappa shape index (κ1) is 9.56. The maximum atomic E-state index is 5.77. The molecule has 0 aromatic rings. The third-order valence-corrected chi connectivity index (χ3v) is 2.45. The predicted octanol–water partition coefficient (Wildman–Crippen LogP) is 2.19. The quantitative estimate of drug-likeness (QED) is 0.507. The molecule has 2 atom stereocenters. The third-order valence-electron chi connectivity index (χ3n) is 2.45. The molecular formula is C10H20N2. The molecule has 2 heteroatoms. The van der Waals surface area contributed by atoms with E-state index in [1.807, 2.05) is 0 Å². The fourth-order valence-corrected chi connectivity index (χ4v) is 1.41. The van der Waals surface area contributed by atoms with Crippen molar-refractivity contribution < 1.29 is 0 Å². The van der Waals surface area contributed by atoms with Gasteiger partial charge in [0, 0.05) is 5.92 Å². The molecule has 12 heavy (non-hydrogen) atoms. The highest BCUT2D eigenvalue weighted by Crippen LogP contribution is 2.37. The van der Waals surface area contributed by atoms with Crippen molar-refractivity contribution in [1.82, 2.24) is 0 Å². The molecular weight excluding hydrogens is 148 g/mol. The number of hydrogen-bond donors (Lipinski definition) is 1. The van der Waals surface area contributed by atoms with E-state index in [1.165, 1.54) is 19.3 Å². The van der Waals surface area contributed by atoms with Gasteiger partial charge in [0.2, 0.25) is 0 Å². The SMILES string of the molecule is CCCC1CC1N=C(N)C(C)C. The molecule has 1 aliphatic carbocycles. The first-order valence-corrected chi connectivity index (χ1v) is 4.98. The summed E-state index contributed by atoms with van der Waals surface area (Å²) >= 11 is 0. The summed E-state index contributed by atoms with van der Waals surface area (Å²) < 4.78 is 0. The van der Waals surface area contributed by atoms with Crippen LogP contribution in [0.25, 0.3) is 0 Å². The lowest BCUT2D eigenvalue weighted by molar-refractivity contribution is 0.681. The van der Waals surface area contributed by atoms with Crippen LogP contribution in [-0.4, -0.2) is 11.9 Å². The monoisotopic (exact) mass is 168 g/mol. The second-order valence-corrected chi connectivity index (χ2v) is 4.06. The van der Waals surface area contributed by atoms with Crippen molar-refractivity contribution in [2.24, 2.45) is 22.6 Å². The molecule has 0 aliphatic heterocycles. The van der Waals surface area contributed by atoms with Crippen LogP contribution in [0.15, 0.2) is 4.99 Å². The van der Waals surface area contributed by atoms with Crippen LogP contribution in [0.3, 0.4) is 0 Å². The van der Waals surface area contributed by atoms with E-state index in [0.717, 1.165) is 11.8 Å². The fraction of sp³-hybridized carbons (Fsp3) is 0.900.